The molecule has 0 radical (unpaired) electrons. The molecule has 3 N–H and O–H groups in total. The number of anilines is 1. The highest BCUT2D eigenvalue weighted by Gasteiger charge is 2.22. The fourth-order valence-corrected chi connectivity index (χ4v) is 4.65. The minimum atomic E-state index is 0.130. The normalized spacial score (nSPS) is 13.7. The highest BCUT2D eigenvalue weighted by atomic mass is 32.2. The van der Waals surface area contributed by atoms with E-state index in [1.54, 1.807) is 25.3 Å². The summed E-state index contributed by atoms with van der Waals surface area (Å²) in [7, 11) is 1.57. The summed E-state index contributed by atoms with van der Waals surface area (Å²) in [6.45, 7) is 5.43. The summed E-state index contributed by atoms with van der Waals surface area (Å²) in [4.78, 5) is 20.2. The monoisotopic (exact) mass is 475 g/mol. The number of nitroso groups, excluding NO2 is 1. The lowest BCUT2D eigenvalue weighted by molar-refractivity contribution is 0.416. The van der Waals surface area contributed by atoms with Gasteiger partial charge in [-0.15, -0.1) is 4.91 Å². The molecule has 0 saturated heterocycles. The molecule has 3 aromatic rings. The number of pyridine rings is 2. The number of allylic oxidation sites excluding steroid dienone is 4. The molecule has 1 aliphatic rings. The van der Waals surface area contributed by atoms with Crippen LogP contribution in [0, 0.1) is 10.3 Å². The van der Waals surface area contributed by atoms with Gasteiger partial charge in [-0.3, -0.25) is 4.72 Å². The van der Waals surface area contributed by atoms with Crippen LogP contribution in [0.3, 0.4) is 0 Å². The van der Waals surface area contributed by atoms with Crippen LogP contribution >= 0.6 is 11.9 Å². The molecule has 0 fully saturated rings. The van der Waals surface area contributed by atoms with Gasteiger partial charge in [0.05, 0.1) is 7.11 Å². The maximum absolute atomic E-state index is 11.0. The van der Waals surface area contributed by atoms with E-state index < -0.39 is 0 Å². The summed E-state index contributed by atoms with van der Waals surface area (Å²) in [6, 6.07) is 10.8. The number of fused-ring (bicyclic) bond motifs is 1. The average Bonchev–Trinajstić information content (AvgIpc) is 2.86. The second-order valence-electron chi connectivity index (χ2n) is 8.86. The van der Waals surface area contributed by atoms with E-state index in [1.807, 2.05) is 18.2 Å². The Labute approximate surface area is 204 Å². The first-order chi connectivity index (χ1) is 16.4. The van der Waals surface area contributed by atoms with E-state index in [0.717, 1.165) is 36.2 Å². The smallest absolute Gasteiger partial charge is 0.162 e. The van der Waals surface area contributed by atoms with Crippen LogP contribution in [0.2, 0.25) is 0 Å². The van der Waals surface area contributed by atoms with E-state index in [2.05, 4.69) is 51.9 Å². The third kappa shape index (κ3) is 5.29. The van der Waals surface area contributed by atoms with Crippen LogP contribution in [-0.4, -0.2) is 23.6 Å². The predicted octanol–water partition coefficient (Wildman–Crippen LogP) is 6.57. The number of nitrogens with one attached hydrogen (secondary N) is 1. The maximum Gasteiger partial charge on any atom is 0.162 e. The summed E-state index contributed by atoms with van der Waals surface area (Å²) in [6.07, 6.45) is 10.2. The van der Waals surface area contributed by atoms with Gasteiger partial charge in [0.2, 0.25) is 0 Å². The Morgan fingerprint density at radius 3 is 2.74 bits per heavy atom. The number of benzene rings is 1. The fourth-order valence-electron chi connectivity index (χ4n) is 4.03. The summed E-state index contributed by atoms with van der Waals surface area (Å²) < 4.78 is 8.87. The van der Waals surface area contributed by atoms with Gasteiger partial charge >= 0.3 is 0 Å². The Morgan fingerprint density at radius 2 is 2.00 bits per heavy atom. The molecular formula is C26H29N5O2S. The highest BCUT2D eigenvalue weighted by molar-refractivity contribution is 7.97. The Kier molecular flexibility index (Phi) is 7.29. The number of nitrogen functional groups attached to an aromatic ring is 1. The van der Waals surface area contributed by atoms with Crippen molar-refractivity contribution in [2.24, 2.45) is 10.6 Å². The van der Waals surface area contributed by atoms with Gasteiger partial charge in [0.15, 0.2) is 5.65 Å². The molecule has 1 aliphatic carbocycles. The molecule has 4 rings (SSSR count). The van der Waals surface area contributed by atoms with Crippen LogP contribution in [0.15, 0.2) is 70.4 Å². The van der Waals surface area contributed by atoms with Crippen LogP contribution < -0.4 is 15.2 Å². The molecule has 34 heavy (non-hydrogen) atoms. The van der Waals surface area contributed by atoms with Crippen molar-refractivity contribution < 1.29 is 4.74 Å². The number of rotatable bonds is 9. The SMILES string of the molecule is COc1ccc(N=O)cc1-c1cc2ccc(SNCCC(C)(C)C3=CCCC=C3)nc2nc1N. The van der Waals surface area contributed by atoms with Crippen molar-refractivity contribution in [1.29, 1.82) is 0 Å². The van der Waals surface area contributed by atoms with Crippen molar-refractivity contribution in [2.45, 2.75) is 38.1 Å². The molecule has 7 nitrogen and oxygen atoms in total. The number of hydrogen-bond donors (Lipinski definition) is 2. The first-order valence-electron chi connectivity index (χ1n) is 11.3. The van der Waals surface area contributed by atoms with Gasteiger partial charge in [-0.05, 0) is 83.8 Å². The number of hydrogen-bond acceptors (Lipinski definition) is 8. The van der Waals surface area contributed by atoms with Crippen LogP contribution in [0.1, 0.15) is 33.1 Å². The summed E-state index contributed by atoms with van der Waals surface area (Å²) >= 11 is 1.49. The standard InChI is InChI=1S/C26H29N5O2S/c1-26(2,18-7-5-4-6-8-18)13-14-28-34-23-12-9-17-15-21(24(27)30-25(17)29-23)20-16-19(31-32)10-11-22(20)33-3/h5,7-12,15-16,28H,4,6,13-14H2,1-3H3,(H2,27,29,30). The third-order valence-electron chi connectivity index (χ3n) is 6.07. The molecule has 0 unspecified atom stereocenters. The van der Waals surface area contributed by atoms with Crippen molar-refractivity contribution in [1.82, 2.24) is 14.7 Å². The summed E-state index contributed by atoms with van der Waals surface area (Å²) in [5.41, 5.74) is 10.0. The Morgan fingerprint density at radius 1 is 1.15 bits per heavy atom. The van der Waals surface area contributed by atoms with Crippen molar-refractivity contribution in [3.05, 3.63) is 65.1 Å². The minimum Gasteiger partial charge on any atom is -0.496 e. The van der Waals surface area contributed by atoms with Crippen LogP contribution in [-0.2, 0) is 0 Å². The molecule has 176 valence electrons. The van der Waals surface area contributed by atoms with Crippen LogP contribution in [0.25, 0.3) is 22.2 Å². The van der Waals surface area contributed by atoms with Crippen LogP contribution in [0.4, 0.5) is 11.5 Å². The predicted molar refractivity (Wildman–Crippen MR) is 140 cm³/mol. The first kappa shape index (κ1) is 23.9. The molecule has 0 bridgehead atoms. The van der Waals surface area contributed by atoms with Gasteiger partial charge in [0.1, 0.15) is 22.3 Å². The van der Waals surface area contributed by atoms with Crippen LogP contribution in [0.5, 0.6) is 5.75 Å². The van der Waals surface area contributed by atoms with Crippen molar-refractivity contribution >= 4 is 34.5 Å². The molecule has 8 heteroatoms. The topological polar surface area (TPSA) is 102 Å². The van der Waals surface area contributed by atoms with E-state index in [0.29, 0.717) is 34.0 Å². The Hall–Kier alpha value is -3.23. The van der Waals surface area contributed by atoms with Gasteiger partial charge in [-0.2, -0.15) is 0 Å². The molecular weight excluding hydrogens is 446 g/mol. The zero-order chi connectivity index (χ0) is 24.1. The number of aromatic nitrogens is 2. The zero-order valence-electron chi connectivity index (χ0n) is 19.7. The molecule has 0 amide bonds. The molecule has 2 aromatic heterocycles. The molecule has 0 atom stereocenters. The van der Waals surface area contributed by atoms with E-state index in [4.69, 9.17) is 10.5 Å². The second kappa shape index (κ2) is 10.4. The fraction of sp³-hybridized carbons (Fsp3) is 0.308. The molecule has 0 aliphatic heterocycles. The number of methoxy groups -OCH3 is 1. The van der Waals surface area contributed by atoms with Gasteiger partial charge in [-0.1, -0.05) is 32.1 Å². The van der Waals surface area contributed by atoms with Gasteiger partial charge in [-0.25, -0.2) is 9.97 Å². The van der Waals surface area contributed by atoms with E-state index in [-0.39, 0.29) is 5.41 Å². The lowest BCUT2D eigenvalue weighted by Crippen LogP contribution is -2.20. The van der Waals surface area contributed by atoms with Gasteiger partial charge in [0.25, 0.3) is 0 Å². The van der Waals surface area contributed by atoms with Gasteiger partial charge in [0, 0.05) is 23.1 Å². The quantitative estimate of drug-likeness (QED) is 0.205. The summed E-state index contributed by atoms with van der Waals surface area (Å²) in [5.74, 6) is 0.902. The first-order valence-corrected chi connectivity index (χ1v) is 12.1. The van der Waals surface area contributed by atoms with E-state index in [9.17, 15) is 4.91 Å². The van der Waals surface area contributed by atoms with E-state index >= 15 is 0 Å². The second-order valence-corrected chi connectivity index (χ2v) is 9.77. The van der Waals surface area contributed by atoms with Crippen molar-refractivity contribution in [3.8, 4) is 16.9 Å². The zero-order valence-corrected chi connectivity index (χ0v) is 20.5. The minimum absolute atomic E-state index is 0.130. The number of ether oxygens (including phenoxy) is 1. The van der Waals surface area contributed by atoms with E-state index in [1.165, 1.54) is 17.5 Å². The highest BCUT2D eigenvalue weighted by Crippen LogP contribution is 2.37. The number of nitrogens with two attached hydrogens (primary N) is 1. The Bertz CT molecular complexity index is 1270. The maximum atomic E-state index is 11.0. The number of nitrogens with zero attached hydrogens (tertiary/aromatic N) is 3. The largest absolute Gasteiger partial charge is 0.496 e. The summed E-state index contributed by atoms with van der Waals surface area (Å²) in [5, 5.41) is 4.69. The molecule has 2 heterocycles. The molecule has 0 saturated carbocycles. The van der Waals surface area contributed by atoms with Crippen molar-refractivity contribution in [2.75, 3.05) is 19.4 Å². The molecule has 1 aromatic carbocycles. The van der Waals surface area contributed by atoms with Gasteiger partial charge < -0.3 is 10.5 Å². The lowest BCUT2D eigenvalue weighted by atomic mass is 9.79. The van der Waals surface area contributed by atoms with Crippen molar-refractivity contribution in [3.63, 3.8) is 0 Å². The average molecular weight is 476 g/mol. The lowest BCUT2D eigenvalue weighted by Gasteiger charge is -2.28. The Balaban J connectivity index is 1.47. The molecule has 0 spiro atoms. The third-order valence-corrected chi connectivity index (χ3v) is 6.85.